The van der Waals surface area contributed by atoms with Gasteiger partial charge in [-0.1, -0.05) is 65.9 Å². The van der Waals surface area contributed by atoms with Crippen LogP contribution in [0.15, 0.2) is 121 Å². The van der Waals surface area contributed by atoms with Crippen LogP contribution < -0.4 is 18.9 Å². The molecule has 3 heterocycles. The van der Waals surface area contributed by atoms with Gasteiger partial charge in [-0.25, -0.2) is 4.98 Å². The number of anilines is 3. The van der Waals surface area contributed by atoms with E-state index in [4.69, 9.17) is 14.5 Å². The summed E-state index contributed by atoms with van der Waals surface area (Å²) in [5, 5.41) is 1.11. The van der Waals surface area contributed by atoms with Crippen LogP contribution >= 0.6 is 11.3 Å². The van der Waals surface area contributed by atoms with Crippen molar-refractivity contribution in [1.29, 1.82) is 0 Å². The molecule has 0 amide bonds. The quantitative estimate of drug-likeness (QED) is 0.219. The van der Waals surface area contributed by atoms with Gasteiger partial charge in [-0.15, -0.1) is 4.57 Å². The second-order valence-corrected chi connectivity index (χ2v) is 10.2. The Bertz CT molecular complexity index is 1700. The zero-order valence-electron chi connectivity index (χ0n) is 20.7. The van der Waals surface area contributed by atoms with Crippen LogP contribution in [-0.2, 0) is 0 Å². The lowest BCUT2D eigenvalue weighted by molar-refractivity contribution is -0.757. The number of nitrogens with zero attached hydrogens (tertiary/aromatic N) is 3. The number of fused-ring (bicyclic) bond motifs is 5. The molecule has 1 unspecified atom stereocenters. The van der Waals surface area contributed by atoms with E-state index < -0.39 is 6.41 Å². The molecule has 38 heavy (non-hydrogen) atoms. The monoisotopic (exact) mass is 514 g/mol. The molecule has 5 nitrogen and oxygen atoms in total. The lowest BCUT2D eigenvalue weighted by atomic mass is 10.2. The van der Waals surface area contributed by atoms with Gasteiger partial charge in [0.15, 0.2) is 0 Å². The number of aromatic nitrogens is 2. The van der Waals surface area contributed by atoms with Crippen molar-refractivity contribution in [2.75, 3.05) is 4.90 Å². The molecule has 0 saturated carbocycles. The number of pyridine rings is 1. The topological polar surface area (TPSA) is 38.5 Å². The van der Waals surface area contributed by atoms with Crippen molar-refractivity contribution in [2.45, 2.75) is 13.3 Å². The Morgan fingerprint density at radius 2 is 1.50 bits per heavy atom. The van der Waals surface area contributed by atoms with Crippen molar-refractivity contribution in [3.63, 3.8) is 0 Å². The van der Waals surface area contributed by atoms with Gasteiger partial charge in [0.25, 0.3) is 5.01 Å². The molecule has 0 radical (unpaired) electrons. The predicted octanol–water partition coefficient (Wildman–Crippen LogP) is 7.96. The van der Waals surface area contributed by atoms with E-state index in [-0.39, 0.29) is 0 Å². The molecule has 6 heteroatoms. The molecule has 184 valence electrons. The number of ether oxygens (including phenoxy) is 2. The van der Waals surface area contributed by atoms with Crippen molar-refractivity contribution in [1.82, 2.24) is 4.98 Å². The van der Waals surface area contributed by atoms with Crippen molar-refractivity contribution in [2.24, 2.45) is 0 Å². The van der Waals surface area contributed by atoms with Crippen LogP contribution in [0.1, 0.15) is 12.0 Å². The van der Waals surface area contributed by atoms with Crippen LogP contribution in [0.3, 0.4) is 0 Å². The van der Waals surface area contributed by atoms with Crippen LogP contribution in [0.5, 0.6) is 11.6 Å². The summed E-state index contributed by atoms with van der Waals surface area (Å²) in [6, 6.07) is 39.0. The second-order valence-electron chi connectivity index (χ2n) is 9.15. The molecule has 0 N–H and O–H groups in total. The molecule has 0 aliphatic carbocycles. The molecule has 0 fully saturated rings. The molecule has 1 aliphatic heterocycles. The molecule has 0 saturated heterocycles. The number of aryl methyl sites for hydroxylation is 1. The highest BCUT2D eigenvalue weighted by atomic mass is 32.1. The fourth-order valence-electron chi connectivity index (χ4n) is 4.82. The number of benzene rings is 4. The third-order valence-electron chi connectivity index (χ3n) is 6.59. The third-order valence-corrected chi connectivity index (χ3v) is 7.74. The first-order valence-corrected chi connectivity index (χ1v) is 13.3. The molecule has 7 rings (SSSR count). The van der Waals surface area contributed by atoms with Crippen LogP contribution in [0.4, 0.5) is 17.1 Å². The van der Waals surface area contributed by atoms with E-state index in [1.807, 2.05) is 72.9 Å². The Morgan fingerprint density at radius 3 is 2.21 bits per heavy atom. The summed E-state index contributed by atoms with van der Waals surface area (Å²) in [5.74, 6) is 1.29. The second kappa shape index (κ2) is 9.32. The van der Waals surface area contributed by atoms with Gasteiger partial charge in [-0.05, 0) is 61.0 Å². The molecular formula is C32H24N3O2S+. The maximum absolute atomic E-state index is 6.40. The summed E-state index contributed by atoms with van der Waals surface area (Å²) >= 11 is 1.75. The largest absolute Gasteiger partial charge is 0.470 e. The predicted molar refractivity (Wildman–Crippen MR) is 151 cm³/mol. The van der Waals surface area contributed by atoms with Gasteiger partial charge in [0, 0.05) is 23.5 Å². The standard InChI is InChI=1S/C32H24N3O2S/c1-22-16-18-27-29(20-22)38-31-26-14-8-9-15-28(26)36-32(35(27)31)37-30-19-17-25(21-33-30)34(23-10-4-2-5-11-23)24-12-6-3-7-13-24/h2-21,32H,1H3/q+1. The number of rotatable bonds is 5. The van der Waals surface area contributed by atoms with Gasteiger partial charge in [0.2, 0.25) is 11.4 Å². The Morgan fingerprint density at radius 1 is 0.789 bits per heavy atom. The van der Waals surface area contributed by atoms with Gasteiger partial charge in [-0.2, -0.15) is 0 Å². The summed E-state index contributed by atoms with van der Waals surface area (Å²) in [7, 11) is 0. The van der Waals surface area contributed by atoms with E-state index in [2.05, 4.69) is 64.9 Å². The number of thiazole rings is 1. The molecule has 1 aliphatic rings. The van der Waals surface area contributed by atoms with E-state index in [0.29, 0.717) is 5.88 Å². The smallest absolute Gasteiger partial charge is 0.401 e. The Balaban J connectivity index is 1.25. The van der Waals surface area contributed by atoms with E-state index in [9.17, 15) is 0 Å². The zero-order chi connectivity index (χ0) is 25.5. The van der Waals surface area contributed by atoms with Crippen molar-refractivity contribution in [3.8, 4) is 22.2 Å². The number of para-hydroxylation sites is 3. The Kier molecular flexibility index (Phi) is 5.52. The fraction of sp³-hybridized carbons (Fsp3) is 0.0625. The number of hydrogen-bond acceptors (Lipinski definition) is 5. The van der Waals surface area contributed by atoms with E-state index in [1.165, 1.54) is 10.3 Å². The first-order chi connectivity index (χ1) is 18.7. The maximum Gasteiger partial charge on any atom is 0.470 e. The first-order valence-electron chi connectivity index (χ1n) is 12.5. The van der Waals surface area contributed by atoms with Gasteiger partial charge in [0.1, 0.15) is 16.0 Å². The van der Waals surface area contributed by atoms with Gasteiger partial charge < -0.3 is 14.4 Å². The highest BCUT2D eigenvalue weighted by Crippen LogP contribution is 2.41. The van der Waals surface area contributed by atoms with Crippen LogP contribution in [-0.4, -0.2) is 4.98 Å². The molecule has 4 aromatic carbocycles. The maximum atomic E-state index is 6.40. The van der Waals surface area contributed by atoms with Crippen molar-refractivity contribution in [3.05, 3.63) is 127 Å². The third kappa shape index (κ3) is 3.96. The fourth-order valence-corrected chi connectivity index (χ4v) is 6.11. The van der Waals surface area contributed by atoms with Crippen LogP contribution in [0.25, 0.3) is 20.8 Å². The molecule has 6 aromatic rings. The van der Waals surface area contributed by atoms with Gasteiger partial charge >= 0.3 is 6.41 Å². The lowest BCUT2D eigenvalue weighted by Gasteiger charge is -2.25. The molecule has 0 spiro atoms. The van der Waals surface area contributed by atoms with Gasteiger partial charge in [0.05, 0.1) is 11.9 Å². The number of hydrogen-bond donors (Lipinski definition) is 0. The summed E-state index contributed by atoms with van der Waals surface area (Å²) in [5.41, 5.74) is 6.42. The van der Waals surface area contributed by atoms with Crippen LogP contribution in [0, 0.1) is 6.92 Å². The SMILES string of the molecule is Cc1ccc2c(c1)sc1[n+]2C(Oc2ccc(N(c3ccccc3)c3ccccc3)cn2)Oc2ccccc2-1. The van der Waals surface area contributed by atoms with Crippen molar-refractivity contribution < 1.29 is 14.0 Å². The van der Waals surface area contributed by atoms with Crippen molar-refractivity contribution >= 4 is 38.6 Å². The minimum atomic E-state index is -0.672. The normalized spacial score (nSPS) is 13.9. The highest BCUT2D eigenvalue weighted by molar-refractivity contribution is 7.21. The summed E-state index contributed by atoms with van der Waals surface area (Å²) in [6.45, 7) is 2.11. The summed E-state index contributed by atoms with van der Waals surface area (Å²) < 4.78 is 16.1. The average Bonchev–Trinajstić information content (AvgIpc) is 3.34. The van der Waals surface area contributed by atoms with E-state index in [0.717, 1.165) is 38.9 Å². The summed E-state index contributed by atoms with van der Waals surface area (Å²) in [6.07, 6.45) is 1.17. The summed E-state index contributed by atoms with van der Waals surface area (Å²) in [4.78, 5) is 6.87. The van der Waals surface area contributed by atoms with Crippen LogP contribution in [0.2, 0.25) is 0 Å². The van der Waals surface area contributed by atoms with E-state index in [1.54, 1.807) is 11.3 Å². The highest BCUT2D eigenvalue weighted by Gasteiger charge is 2.39. The Labute approximate surface area is 224 Å². The molecule has 1 atom stereocenters. The van der Waals surface area contributed by atoms with Gasteiger partial charge in [-0.3, -0.25) is 0 Å². The first kappa shape index (κ1) is 22.5. The minimum absolute atomic E-state index is 0.490. The molecular weight excluding hydrogens is 490 g/mol. The lowest BCUT2D eigenvalue weighted by Crippen LogP contribution is -2.49. The minimum Gasteiger partial charge on any atom is -0.401 e. The zero-order valence-corrected chi connectivity index (χ0v) is 21.5. The molecule has 0 bridgehead atoms. The van der Waals surface area contributed by atoms with E-state index >= 15 is 0 Å². The average molecular weight is 515 g/mol. The Hall–Kier alpha value is -4.68. The molecule has 2 aromatic heterocycles.